The minimum Gasteiger partial charge on any atom is -0.487 e. The van der Waals surface area contributed by atoms with Crippen molar-refractivity contribution in [3.05, 3.63) is 23.5 Å². The predicted octanol–water partition coefficient (Wildman–Crippen LogP) is 2.08. The Labute approximate surface area is 123 Å². The monoisotopic (exact) mass is 294 g/mol. The molecule has 2 unspecified atom stereocenters. The van der Waals surface area contributed by atoms with Crippen LogP contribution in [0.15, 0.2) is 12.1 Å². The van der Waals surface area contributed by atoms with Gasteiger partial charge in [0.25, 0.3) is 0 Å². The Hall–Kier alpha value is -1.98. The molecule has 1 fully saturated rings. The Balaban J connectivity index is 1.77. The van der Waals surface area contributed by atoms with Crippen LogP contribution in [-0.2, 0) is 11.2 Å². The number of amides is 1. The predicted molar refractivity (Wildman–Crippen MR) is 76.4 cm³/mol. The van der Waals surface area contributed by atoms with Crippen molar-refractivity contribution in [3.63, 3.8) is 0 Å². The Morgan fingerprint density at radius 3 is 3.10 bits per heavy atom. The molecular formula is C15H19FN2O3. The third-order valence-corrected chi connectivity index (χ3v) is 4.03. The summed E-state index contributed by atoms with van der Waals surface area (Å²) in [5.74, 6) is 0.0749. The average molecular weight is 294 g/mol. The number of nitrogens with zero attached hydrogens (tertiary/aromatic N) is 1. The number of carbonyl (C=O) groups excluding carboxylic acids is 1. The van der Waals surface area contributed by atoms with Crippen molar-refractivity contribution in [3.8, 4) is 5.75 Å². The molecule has 0 saturated carbocycles. The van der Waals surface area contributed by atoms with Crippen LogP contribution < -0.4 is 15.0 Å². The summed E-state index contributed by atoms with van der Waals surface area (Å²) in [7, 11) is 1.35. The first kappa shape index (κ1) is 14.0. The third kappa shape index (κ3) is 2.62. The van der Waals surface area contributed by atoms with Crippen molar-refractivity contribution >= 4 is 11.8 Å². The molecule has 114 valence electrons. The van der Waals surface area contributed by atoms with Crippen molar-refractivity contribution < 1.29 is 18.7 Å². The molecular weight excluding hydrogens is 275 g/mol. The highest BCUT2D eigenvalue weighted by Crippen LogP contribution is 2.39. The van der Waals surface area contributed by atoms with E-state index in [2.05, 4.69) is 15.0 Å². The zero-order chi connectivity index (χ0) is 15.0. The quantitative estimate of drug-likeness (QED) is 0.907. The topological polar surface area (TPSA) is 50.8 Å². The molecule has 2 aliphatic rings. The van der Waals surface area contributed by atoms with Crippen LogP contribution >= 0.6 is 0 Å². The number of rotatable bonds is 2. The fourth-order valence-corrected chi connectivity index (χ4v) is 3.06. The van der Waals surface area contributed by atoms with Crippen LogP contribution in [0.3, 0.4) is 0 Å². The first-order chi connectivity index (χ1) is 10.1. The van der Waals surface area contributed by atoms with E-state index in [0.717, 1.165) is 24.2 Å². The fraction of sp³-hybridized carbons (Fsp3) is 0.533. The number of nitrogens with one attached hydrogen (secondary N) is 1. The van der Waals surface area contributed by atoms with E-state index in [1.54, 1.807) is 6.07 Å². The Morgan fingerprint density at radius 1 is 1.52 bits per heavy atom. The van der Waals surface area contributed by atoms with Gasteiger partial charge in [-0.2, -0.15) is 0 Å². The van der Waals surface area contributed by atoms with E-state index in [1.165, 1.54) is 13.2 Å². The molecule has 1 N–H and O–H groups in total. The molecule has 2 atom stereocenters. The van der Waals surface area contributed by atoms with Gasteiger partial charge in [-0.3, -0.25) is 0 Å². The second-order valence-electron chi connectivity index (χ2n) is 5.57. The number of carbonyl (C=O) groups is 1. The van der Waals surface area contributed by atoms with Crippen LogP contribution in [0.4, 0.5) is 14.9 Å². The Morgan fingerprint density at radius 2 is 2.33 bits per heavy atom. The number of hydrogen-bond acceptors (Lipinski definition) is 4. The maximum absolute atomic E-state index is 13.8. The summed E-state index contributed by atoms with van der Waals surface area (Å²) in [6, 6.07) is 3.31. The minimum absolute atomic E-state index is 0.00208. The fourth-order valence-electron chi connectivity index (χ4n) is 3.06. The molecule has 5 nitrogen and oxygen atoms in total. The van der Waals surface area contributed by atoms with Gasteiger partial charge < -0.3 is 19.7 Å². The van der Waals surface area contributed by atoms with Gasteiger partial charge in [-0.1, -0.05) is 0 Å². The van der Waals surface area contributed by atoms with E-state index in [-0.39, 0.29) is 18.0 Å². The van der Waals surface area contributed by atoms with E-state index in [0.29, 0.717) is 18.7 Å². The number of anilines is 1. The van der Waals surface area contributed by atoms with Gasteiger partial charge in [-0.15, -0.1) is 0 Å². The van der Waals surface area contributed by atoms with Crippen LogP contribution in [0.25, 0.3) is 0 Å². The average Bonchev–Trinajstić information content (AvgIpc) is 3.06. The molecule has 1 amide bonds. The third-order valence-electron chi connectivity index (χ3n) is 4.03. The summed E-state index contributed by atoms with van der Waals surface area (Å²) >= 11 is 0. The van der Waals surface area contributed by atoms with E-state index < -0.39 is 6.09 Å². The molecule has 0 spiro atoms. The zero-order valence-electron chi connectivity index (χ0n) is 12.2. The highest BCUT2D eigenvalue weighted by molar-refractivity contribution is 5.68. The van der Waals surface area contributed by atoms with E-state index in [1.807, 2.05) is 6.92 Å². The van der Waals surface area contributed by atoms with E-state index in [4.69, 9.17) is 4.74 Å². The minimum atomic E-state index is -0.414. The summed E-state index contributed by atoms with van der Waals surface area (Å²) < 4.78 is 24.0. The molecule has 1 aromatic carbocycles. The highest BCUT2D eigenvalue weighted by Gasteiger charge is 2.31. The molecule has 1 saturated heterocycles. The smallest absolute Gasteiger partial charge is 0.407 e. The lowest BCUT2D eigenvalue weighted by Crippen LogP contribution is -2.37. The standard InChI is InChI=1S/C15H19FN2O3/c1-9-7-11-13(4-3-12(16)14(11)21-9)18-6-5-10(8-18)17-15(19)20-2/h3-4,9-10H,5-8H2,1-2H3,(H,17,19). The SMILES string of the molecule is COC(=O)NC1CCN(c2ccc(F)c3c2CC(C)O3)C1. The maximum Gasteiger partial charge on any atom is 0.407 e. The van der Waals surface area contributed by atoms with Gasteiger partial charge >= 0.3 is 6.09 Å². The van der Waals surface area contributed by atoms with Crippen molar-refractivity contribution in [2.75, 3.05) is 25.1 Å². The van der Waals surface area contributed by atoms with E-state index >= 15 is 0 Å². The first-order valence-corrected chi connectivity index (χ1v) is 7.16. The number of fused-ring (bicyclic) bond motifs is 1. The van der Waals surface area contributed by atoms with Gasteiger partial charge in [0.2, 0.25) is 0 Å². The summed E-state index contributed by atoms with van der Waals surface area (Å²) in [4.78, 5) is 13.4. The molecule has 2 heterocycles. The van der Waals surface area contributed by atoms with Gasteiger partial charge in [-0.05, 0) is 25.5 Å². The molecule has 3 rings (SSSR count). The van der Waals surface area contributed by atoms with Gasteiger partial charge in [0.1, 0.15) is 6.10 Å². The van der Waals surface area contributed by atoms with Gasteiger partial charge in [0.05, 0.1) is 13.2 Å². The second-order valence-corrected chi connectivity index (χ2v) is 5.57. The number of halogens is 1. The first-order valence-electron chi connectivity index (χ1n) is 7.16. The molecule has 0 radical (unpaired) electrons. The molecule has 0 bridgehead atoms. The summed E-state index contributed by atoms with van der Waals surface area (Å²) in [5.41, 5.74) is 1.94. The molecule has 1 aromatic rings. The summed E-state index contributed by atoms with van der Waals surface area (Å²) in [6.45, 7) is 3.46. The number of hydrogen-bond donors (Lipinski definition) is 1. The molecule has 2 aliphatic heterocycles. The Kier molecular flexibility index (Phi) is 3.61. The molecule has 21 heavy (non-hydrogen) atoms. The lowest BCUT2D eigenvalue weighted by molar-refractivity contribution is 0.167. The number of ether oxygens (including phenoxy) is 2. The number of methoxy groups -OCH3 is 1. The molecule has 6 heteroatoms. The zero-order valence-corrected chi connectivity index (χ0v) is 12.2. The Bertz CT molecular complexity index is 564. The van der Waals surface area contributed by atoms with Crippen molar-refractivity contribution in [1.82, 2.24) is 5.32 Å². The molecule has 0 aliphatic carbocycles. The van der Waals surface area contributed by atoms with Crippen LogP contribution in [0.2, 0.25) is 0 Å². The van der Waals surface area contributed by atoms with Crippen LogP contribution in [0.1, 0.15) is 18.9 Å². The van der Waals surface area contributed by atoms with Crippen molar-refractivity contribution in [2.24, 2.45) is 0 Å². The normalized spacial score (nSPS) is 23.7. The summed E-state index contributed by atoms with van der Waals surface area (Å²) in [5, 5.41) is 2.81. The second kappa shape index (κ2) is 5.42. The lowest BCUT2D eigenvalue weighted by atomic mass is 10.1. The number of alkyl carbamates (subject to hydrolysis) is 1. The maximum atomic E-state index is 13.8. The van der Waals surface area contributed by atoms with Crippen LogP contribution in [-0.4, -0.2) is 38.4 Å². The van der Waals surface area contributed by atoms with Gasteiger partial charge in [0, 0.05) is 30.8 Å². The highest BCUT2D eigenvalue weighted by atomic mass is 19.1. The van der Waals surface area contributed by atoms with Gasteiger partial charge in [0.15, 0.2) is 11.6 Å². The van der Waals surface area contributed by atoms with E-state index in [9.17, 15) is 9.18 Å². The van der Waals surface area contributed by atoms with Crippen LogP contribution in [0, 0.1) is 5.82 Å². The van der Waals surface area contributed by atoms with Crippen molar-refractivity contribution in [1.29, 1.82) is 0 Å². The molecule has 0 aromatic heterocycles. The van der Waals surface area contributed by atoms with Crippen LogP contribution in [0.5, 0.6) is 5.75 Å². The summed E-state index contributed by atoms with van der Waals surface area (Å²) in [6.07, 6.45) is 1.15. The number of benzene rings is 1. The van der Waals surface area contributed by atoms with Gasteiger partial charge in [-0.25, -0.2) is 9.18 Å². The van der Waals surface area contributed by atoms with Crippen molar-refractivity contribution in [2.45, 2.75) is 31.9 Å². The lowest BCUT2D eigenvalue weighted by Gasteiger charge is -2.21. The largest absolute Gasteiger partial charge is 0.487 e.